The van der Waals surface area contributed by atoms with E-state index in [2.05, 4.69) is 10.3 Å². The average molecular weight is 221 g/mol. The highest BCUT2D eigenvalue weighted by Gasteiger charge is 2.26. The molecular weight excluding hydrogens is 207 g/mol. The predicted octanol–water partition coefficient (Wildman–Crippen LogP) is 2.58. The van der Waals surface area contributed by atoms with Gasteiger partial charge in [-0.1, -0.05) is 0 Å². The van der Waals surface area contributed by atoms with Crippen LogP contribution >= 0.6 is 0 Å². The Bertz CT molecular complexity index is 317. The minimum atomic E-state index is -4.07. The second-order valence-corrected chi connectivity index (χ2v) is 3.37. The number of halogens is 3. The van der Waals surface area contributed by atoms with Crippen LogP contribution in [0.1, 0.15) is 18.5 Å². The first kappa shape index (κ1) is 11.9. The van der Waals surface area contributed by atoms with Crippen LogP contribution < -0.4 is 5.32 Å². The van der Waals surface area contributed by atoms with Gasteiger partial charge >= 0.3 is 6.18 Å². The Morgan fingerprint density at radius 1 is 1.47 bits per heavy atom. The van der Waals surface area contributed by atoms with Gasteiger partial charge in [-0.05, 0) is 13.3 Å². The predicted molar refractivity (Wildman–Crippen MR) is 51.8 cm³/mol. The molecule has 86 valence electrons. The molecule has 0 aliphatic carbocycles. The van der Waals surface area contributed by atoms with Crippen LogP contribution in [-0.4, -0.2) is 22.8 Å². The summed E-state index contributed by atoms with van der Waals surface area (Å²) in [4.78, 5) is 4.11. The van der Waals surface area contributed by atoms with Crippen molar-refractivity contribution in [2.75, 3.05) is 12.4 Å². The number of aromatic nitrogens is 2. The molecule has 1 aromatic rings. The molecule has 0 aliphatic heterocycles. The van der Waals surface area contributed by atoms with Crippen molar-refractivity contribution in [3.63, 3.8) is 0 Å². The van der Waals surface area contributed by atoms with Crippen LogP contribution in [0.3, 0.4) is 0 Å². The summed E-state index contributed by atoms with van der Waals surface area (Å²) in [5.41, 5.74) is 0.798. The maximum Gasteiger partial charge on any atom is 0.389 e. The van der Waals surface area contributed by atoms with Crippen molar-refractivity contribution in [3.05, 3.63) is 11.9 Å². The monoisotopic (exact) mass is 221 g/mol. The zero-order valence-electron chi connectivity index (χ0n) is 8.73. The van der Waals surface area contributed by atoms with E-state index in [0.717, 1.165) is 5.69 Å². The molecule has 0 bridgehead atoms. The third-order valence-electron chi connectivity index (χ3n) is 1.98. The number of alkyl halides is 3. The number of hydrogen-bond acceptors (Lipinski definition) is 2. The number of nitrogens with one attached hydrogen (secondary N) is 1. The van der Waals surface area contributed by atoms with Gasteiger partial charge < -0.3 is 9.88 Å². The van der Waals surface area contributed by atoms with Crippen LogP contribution in [0.5, 0.6) is 0 Å². The van der Waals surface area contributed by atoms with Gasteiger partial charge in [-0.25, -0.2) is 4.98 Å². The molecule has 0 saturated carbocycles. The van der Waals surface area contributed by atoms with Gasteiger partial charge in [0.1, 0.15) is 0 Å². The van der Waals surface area contributed by atoms with Crippen molar-refractivity contribution >= 4 is 5.95 Å². The highest BCUT2D eigenvalue weighted by molar-refractivity contribution is 5.27. The number of hydrogen-bond donors (Lipinski definition) is 1. The van der Waals surface area contributed by atoms with E-state index in [1.165, 1.54) is 0 Å². The fourth-order valence-corrected chi connectivity index (χ4v) is 1.37. The molecule has 0 atom stereocenters. The smallest absolute Gasteiger partial charge is 0.359 e. The maximum atomic E-state index is 11.9. The largest absolute Gasteiger partial charge is 0.389 e. The molecule has 0 aliphatic rings. The summed E-state index contributed by atoms with van der Waals surface area (Å²) < 4.78 is 37.4. The Labute approximate surface area is 86.3 Å². The zero-order chi connectivity index (χ0) is 11.5. The van der Waals surface area contributed by atoms with Crippen molar-refractivity contribution in [2.45, 2.75) is 32.5 Å². The lowest BCUT2D eigenvalue weighted by Crippen LogP contribution is -2.10. The first-order valence-electron chi connectivity index (χ1n) is 4.70. The fraction of sp³-hybridized carbons (Fsp3) is 0.667. The molecule has 0 amide bonds. The van der Waals surface area contributed by atoms with Crippen molar-refractivity contribution in [2.24, 2.45) is 0 Å². The van der Waals surface area contributed by atoms with Gasteiger partial charge in [-0.15, -0.1) is 0 Å². The number of aryl methyl sites for hydroxylation is 2. The van der Waals surface area contributed by atoms with E-state index in [1.54, 1.807) is 24.7 Å². The minimum Gasteiger partial charge on any atom is -0.359 e. The number of nitrogens with zero attached hydrogens (tertiary/aromatic N) is 2. The number of anilines is 1. The second-order valence-electron chi connectivity index (χ2n) is 3.37. The van der Waals surface area contributed by atoms with Gasteiger partial charge in [0.2, 0.25) is 5.95 Å². The quantitative estimate of drug-likeness (QED) is 0.846. The molecule has 0 spiro atoms. The molecule has 6 heteroatoms. The number of imidazole rings is 1. The van der Waals surface area contributed by atoms with Crippen LogP contribution in [0, 0.1) is 6.92 Å². The van der Waals surface area contributed by atoms with Crippen LogP contribution in [0.25, 0.3) is 0 Å². The van der Waals surface area contributed by atoms with E-state index in [1.807, 2.05) is 0 Å². The highest BCUT2D eigenvalue weighted by Crippen LogP contribution is 2.22. The standard InChI is InChI=1S/C9H14F3N3/c1-7-6-15(8(13-2)14-7)5-3-4-9(10,11)12/h6H,3-5H2,1-2H3,(H,13,14). The summed E-state index contributed by atoms with van der Waals surface area (Å²) in [6.07, 6.45) is -3.01. The Hall–Kier alpha value is -1.20. The van der Waals surface area contributed by atoms with E-state index in [-0.39, 0.29) is 6.42 Å². The lowest BCUT2D eigenvalue weighted by atomic mass is 10.3. The Balaban J connectivity index is 2.50. The van der Waals surface area contributed by atoms with Gasteiger partial charge in [0, 0.05) is 26.2 Å². The molecule has 0 fully saturated rings. The van der Waals surface area contributed by atoms with Gasteiger partial charge in [0.15, 0.2) is 0 Å². The summed E-state index contributed by atoms with van der Waals surface area (Å²) in [7, 11) is 1.70. The molecule has 15 heavy (non-hydrogen) atoms. The first-order valence-corrected chi connectivity index (χ1v) is 4.70. The topological polar surface area (TPSA) is 29.9 Å². The van der Waals surface area contributed by atoms with E-state index in [9.17, 15) is 13.2 Å². The highest BCUT2D eigenvalue weighted by atomic mass is 19.4. The van der Waals surface area contributed by atoms with Crippen molar-refractivity contribution in [1.29, 1.82) is 0 Å². The van der Waals surface area contributed by atoms with Crippen LogP contribution in [0.15, 0.2) is 6.20 Å². The molecule has 0 radical (unpaired) electrons. The first-order chi connectivity index (χ1) is 6.92. The lowest BCUT2D eigenvalue weighted by Gasteiger charge is -2.08. The zero-order valence-corrected chi connectivity index (χ0v) is 8.73. The lowest BCUT2D eigenvalue weighted by molar-refractivity contribution is -0.135. The second kappa shape index (κ2) is 4.55. The average Bonchev–Trinajstić information content (AvgIpc) is 2.44. The summed E-state index contributed by atoms with van der Waals surface area (Å²) in [6, 6.07) is 0. The van der Waals surface area contributed by atoms with E-state index < -0.39 is 12.6 Å². The van der Waals surface area contributed by atoms with Crippen LogP contribution in [0.4, 0.5) is 19.1 Å². The third kappa shape index (κ3) is 3.81. The van der Waals surface area contributed by atoms with Gasteiger partial charge in [0.05, 0.1) is 5.69 Å². The Morgan fingerprint density at radius 2 is 2.13 bits per heavy atom. The molecule has 1 N–H and O–H groups in total. The summed E-state index contributed by atoms with van der Waals surface area (Å²) in [5.74, 6) is 0.606. The van der Waals surface area contributed by atoms with E-state index in [0.29, 0.717) is 12.5 Å². The molecule has 0 unspecified atom stereocenters. The van der Waals surface area contributed by atoms with Crippen LogP contribution in [0.2, 0.25) is 0 Å². The molecular formula is C9H14F3N3. The normalized spacial score (nSPS) is 11.8. The third-order valence-corrected chi connectivity index (χ3v) is 1.98. The molecule has 0 saturated heterocycles. The summed E-state index contributed by atoms with van der Waals surface area (Å²) >= 11 is 0. The molecule has 3 nitrogen and oxygen atoms in total. The summed E-state index contributed by atoms with van der Waals surface area (Å²) in [5, 5.41) is 2.83. The van der Waals surface area contributed by atoms with Crippen LogP contribution in [-0.2, 0) is 6.54 Å². The maximum absolute atomic E-state index is 11.9. The fourth-order valence-electron chi connectivity index (χ4n) is 1.37. The van der Waals surface area contributed by atoms with Crippen molar-refractivity contribution in [3.8, 4) is 0 Å². The Morgan fingerprint density at radius 3 is 2.67 bits per heavy atom. The van der Waals surface area contributed by atoms with Gasteiger partial charge in [-0.2, -0.15) is 13.2 Å². The molecule has 1 heterocycles. The Kier molecular flexibility index (Phi) is 3.60. The molecule has 1 rings (SSSR count). The number of rotatable bonds is 4. The molecule has 1 aromatic heterocycles. The van der Waals surface area contributed by atoms with Crippen molar-refractivity contribution in [1.82, 2.24) is 9.55 Å². The van der Waals surface area contributed by atoms with Gasteiger partial charge in [-0.3, -0.25) is 0 Å². The SMILES string of the molecule is CNc1nc(C)cn1CCCC(F)(F)F. The minimum absolute atomic E-state index is 0.0774. The summed E-state index contributed by atoms with van der Waals surface area (Å²) in [6.45, 7) is 2.14. The van der Waals surface area contributed by atoms with Crippen molar-refractivity contribution < 1.29 is 13.2 Å². The van der Waals surface area contributed by atoms with Gasteiger partial charge in [0.25, 0.3) is 0 Å². The molecule has 0 aromatic carbocycles. The van der Waals surface area contributed by atoms with E-state index in [4.69, 9.17) is 0 Å². The van der Waals surface area contributed by atoms with E-state index >= 15 is 0 Å².